The molecule has 1 aliphatic heterocycles. The molecule has 4 rings (SSSR count). The van der Waals surface area contributed by atoms with Crippen LogP contribution in [0.15, 0.2) is 59.4 Å². The first-order chi connectivity index (χ1) is 15.4. The Balaban J connectivity index is 1.59. The van der Waals surface area contributed by atoms with Crippen LogP contribution < -0.4 is 10.9 Å². The Kier molecular flexibility index (Phi) is 5.65. The summed E-state index contributed by atoms with van der Waals surface area (Å²) in [6.45, 7) is 2.00. The van der Waals surface area contributed by atoms with Crippen LogP contribution in [0.25, 0.3) is 5.69 Å². The molecular weight excluding hydrogens is 406 g/mol. The van der Waals surface area contributed by atoms with Gasteiger partial charge in [0.15, 0.2) is 0 Å². The number of nitriles is 1. The number of carbonyl (C=O) groups excluding carboxylic acids is 2. The maximum atomic E-state index is 13.1. The van der Waals surface area contributed by atoms with E-state index in [-0.39, 0.29) is 30.1 Å². The number of hydrogen-bond acceptors (Lipinski definition) is 4. The van der Waals surface area contributed by atoms with Crippen LogP contribution in [-0.2, 0) is 23.2 Å². The molecule has 1 saturated heterocycles. The molecule has 0 saturated carbocycles. The number of anilines is 1. The third-order valence-corrected chi connectivity index (χ3v) is 5.84. The standard InChI is InChI=1S/C24H23N5O3/c1-16-22(24(32)29(27(16)2)19-9-4-3-5-10-19)26-23(31)20-11-12-21(30)28(20)15-18-8-6-7-17(13-18)14-25/h3-10,13,20H,11-12,15H2,1-2H3,(H,26,31)/t20-/m0/s1. The van der Waals surface area contributed by atoms with E-state index in [1.807, 2.05) is 36.4 Å². The molecular formula is C24H23N5O3. The molecule has 0 aliphatic carbocycles. The van der Waals surface area contributed by atoms with Gasteiger partial charge in [-0.3, -0.25) is 19.1 Å². The Labute approximate surface area is 185 Å². The highest BCUT2D eigenvalue weighted by Crippen LogP contribution is 2.24. The van der Waals surface area contributed by atoms with Crippen molar-refractivity contribution in [3.05, 3.63) is 81.8 Å². The quantitative estimate of drug-likeness (QED) is 0.673. The summed E-state index contributed by atoms with van der Waals surface area (Å²) >= 11 is 0. The van der Waals surface area contributed by atoms with Crippen LogP contribution >= 0.6 is 0 Å². The number of nitrogens with zero attached hydrogens (tertiary/aromatic N) is 4. The van der Waals surface area contributed by atoms with Crippen molar-refractivity contribution in [1.82, 2.24) is 14.3 Å². The van der Waals surface area contributed by atoms with E-state index in [1.165, 1.54) is 9.58 Å². The van der Waals surface area contributed by atoms with Crippen molar-refractivity contribution in [2.45, 2.75) is 32.4 Å². The number of hydrogen-bond donors (Lipinski definition) is 1. The van der Waals surface area contributed by atoms with E-state index in [0.717, 1.165) is 5.56 Å². The number of amides is 2. The maximum Gasteiger partial charge on any atom is 0.295 e. The van der Waals surface area contributed by atoms with Gasteiger partial charge in [-0.15, -0.1) is 0 Å². The van der Waals surface area contributed by atoms with E-state index in [0.29, 0.717) is 23.4 Å². The lowest BCUT2D eigenvalue weighted by Gasteiger charge is -2.24. The summed E-state index contributed by atoms with van der Waals surface area (Å²) in [7, 11) is 1.76. The molecule has 1 fully saturated rings. The smallest absolute Gasteiger partial charge is 0.295 e. The van der Waals surface area contributed by atoms with Crippen molar-refractivity contribution in [3.63, 3.8) is 0 Å². The number of benzene rings is 2. The molecule has 162 valence electrons. The van der Waals surface area contributed by atoms with Crippen molar-refractivity contribution in [2.75, 3.05) is 5.32 Å². The van der Waals surface area contributed by atoms with Crippen LogP contribution in [0.3, 0.4) is 0 Å². The summed E-state index contributed by atoms with van der Waals surface area (Å²) in [4.78, 5) is 40.2. The summed E-state index contributed by atoms with van der Waals surface area (Å²) in [6.07, 6.45) is 0.638. The normalized spacial score (nSPS) is 15.6. The zero-order chi connectivity index (χ0) is 22.8. The second-order valence-corrected chi connectivity index (χ2v) is 7.81. The first-order valence-corrected chi connectivity index (χ1v) is 10.3. The molecule has 1 aromatic heterocycles. The molecule has 1 N–H and O–H groups in total. The summed E-state index contributed by atoms with van der Waals surface area (Å²) in [6, 6.07) is 17.6. The number of para-hydroxylation sites is 1. The maximum absolute atomic E-state index is 13.1. The van der Waals surface area contributed by atoms with Crippen molar-refractivity contribution in [1.29, 1.82) is 5.26 Å². The molecule has 1 atom stereocenters. The zero-order valence-corrected chi connectivity index (χ0v) is 17.9. The van der Waals surface area contributed by atoms with Crippen LogP contribution in [0.2, 0.25) is 0 Å². The predicted octanol–water partition coefficient (Wildman–Crippen LogP) is 2.49. The largest absolute Gasteiger partial charge is 0.326 e. The van der Waals surface area contributed by atoms with E-state index in [2.05, 4.69) is 11.4 Å². The highest BCUT2D eigenvalue weighted by molar-refractivity contribution is 5.99. The van der Waals surface area contributed by atoms with Gasteiger partial charge in [0.05, 0.1) is 23.0 Å². The van der Waals surface area contributed by atoms with Crippen molar-refractivity contribution < 1.29 is 9.59 Å². The Morgan fingerprint density at radius 1 is 1.16 bits per heavy atom. The van der Waals surface area contributed by atoms with E-state index < -0.39 is 11.9 Å². The molecule has 0 radical (unpaired) electrons. The number of nitrogens with one attached hydrogen (secondary N) is 1. The Morgan fingerprint density at radius 3 is 2.62 bits per heavy atom. The second-order valence-electron chi connectivity index (χ2n) is 7.81. The van der Waals surface area contributed by atoms with Crippen molar-refractivity contribution in [2.24, 2.45) is 7.05 Å². The zero-order valence-electron chi connectivity index (χ0n) is 17.9. The molecule has 2 heterocycles. The lowest BCUT2D eigenvalue weighted by molar-refractivity contribution is -0.133. The Bertz CT molecular complexity index is 1280. The molecule has 3 aromatic rings. The van der Waals surface area contributed by atoms with Crippen molar-refractivity contribution >= 4 is 17.5 Å². The fraction of sp³-hybridized carbons (Fsp3) is 0.250. The molecule has 0 unspecified atom stereocenters. The number of likely N-dealkylation sites (tertiary alicyclic amines) is 1. The van der Waals surface area contributed by atoms with Gasteiger partial charge in [0.1, 0.15) is 11.7 Å². The molecule has 1 aliphatic rings. The van der Waals surface area contributed by atoms with Gasteiger partial charge in [-0.05, 0) is 43.2 Å². The fourth-order valence-electron chi connectivity index (χ4n) is 4.06. The minimum absolute atomic E-state index is 0.126. The monoisotopic (exact) mass is 429 g/mol. The minimum atomic E-state index is -0.683. The van der Waals surface area contributed by atoms with Gasteiger partial charge in [0.25, 0.3) is 5.56 Å². The fourth-order valence-corrected chi connectivity index (χ4v) is 4.06. The summed E-state index contributed by atoms with van der Waals surface area (Å²) in [5.41, 5.74) is 2.45. The minimum Gasteiger partial charge on any atom is -0.326 e. The summed E-state index contributed by atoms with van der Waals surface area (Å²) in [5, 5.41) is 11.9. The first-order valence-electron chi connectivity index (χ1n) is 10.3. The van der Waals surface area contributed by atoms with Gasteiger partial charge in [-0.25, -0.2) is 4.68 Å². The van der Waals surface area contributed by atoms with Gasteiger partial charge in [-0.2, -0.15) is 5.26 Å². The topological polar surface area (TPSA) is 100 Å². The third kappa shape index (κ3) is 3.81. The van der Waals surface area contributed by atoms with E-state index >= 15 is 0 Å². The van der Waals surface area contributed by atoms with Gasteiger partial charge >= 0.3 is 0 Å². The SMILES string of the molecule is Cc1c(NC(=O)[C@@H]2CCC(=O)N2Cc2cccc(C#N)c2)c(=O)n(-c2ccccc2)n1C. The number of rotatable bonds is 5. The van der Waals surface area contributed by atoms with Crippen LogP contribution in [0.5, 0.6) is 0 Å². The molecule has 32 heavy (non-hydrogen) atoms. The third-order valence-electron chi connectivity index (χ3n) is 5.84. The van der Waals surface area contributed by atoms with Crippen LogP contribution in [-0.4, -0.2) is 32.1 Å². The highest BCUT2D eigenvalue weighted by atomic mass is 16.2. The Hall–Kier alpha value is -4.12. The van der Waals surface area contributed by atoms with Crippen LogP contribution in [0, 0.1) is 18.3 Å². The number of carbonyl (C=O) groups is 2. The average molecular weight is 429 g/mol. The summed E-state index contributed by atoms with van der Waals surface area (Å²) < 4.78 is 3.19. The molecule has 0 spiro atoms. The van der Waals surface area contributed by atoms with E-state index in [4.69, 9.17) is 5.26 Å². The number of aromatic nitrogens is 2. The van der Waals surface area contributed by atoms with E-state index in [1.54, 1.807) is 36.9 Å². The van der Waals surface area contributed by atoms with E-state index in [9.17, 15) is 14.4 Å². The van der Waals surface area contributed by atoms with Gasteiger partial charge in [0, 0.05) is 20.0 Å². The Morgan fingerprint density at radius 2 is 1.91 bits per heavy atom. The first kappa shape index (κ1) is 21.1. The lowest BCUT2D eigenvalue weighted by Crippen LogP contribution is -2.41. The van der Waals surface area contributed by atoms with Crippen LogP contribution in [0.4, 0.5) is 5.69 Å². The lowest BCUT2D eigenvalue weighted by atomic mass is 10.1. The molecule has 2 amide bonds. The van der Waals surface area contributed by atoms with Gasteiger partial charge < -0.3 is 10.2 Å². The molecule has 0 bridgehead atoms. The van der Waals surface area contributed by atoms with Crippen molar-refractivity contribution in [3.8, 4) is 11.8 Å². The average Bonchev–Trinajstić information content (AvgIpc) is 3.26. The van der Waals surface area contributed by atoms with Crippen LogP contribution in [0.1, 0.15) is 29.7 Å². The molecule has 2 aromatic carbocycles. The van der Waals surface area contributed by atoms with Gasteiger partial charge in [0.2, 0.25) is 11.8 Å². The molecule has 8 heteroatoms. The van der Waals surface area contributed by atoms with Gasteiger partial charge in [-0.1, -0.05) is 30.3 Å². The predicted molar refractivity (Wildman–Crippen MR) is 119 cm³/mol. The molecule has 8 nitrogen and oxygen atoms in total. The second kappa shape index (κ2) is 8.55. The highest BCUT2D eigenvalue weighted by Gasteiger charge is 2.36. The summed E-state index contributed by atoms with van der Waals surface area (Å²) in [5.74, 6) is -0.516.